The van der Waals surface area contributed by atoms with Crippen LogP contribution in [0.1, 0.15) is 49.7 Å². The Morgan fingerprint density at radius 3 is 1.25 bits per heavy atom. The van der Waals surface area contributed by atoms with Gasteiger partial charge in [-0.05, 0) is 50.3 Å². The first-order valence-corrected chi connectivity index (χ1v) is 21.8. The van der Waals surface area contributed by atoms with Gasteiger partial charge in [0.2, 0.25) is 11.7 Å². The summed E-state index contributed by atoms with van der Waals surface area (Å²) in [5.74, 6) is -34.4. The summed E-state index contributed by atoms with van der Waals surface area (Å²) in [4.78, 5) is 47.6. The van der Waals surface area contributed by atoms with Gasteiger partial charge in [0.25, 0.3) is 0 Å². The minimum Gasteiger partial charge on any atom is -0.743 e. The van der Waals surface area contributed by atoms with Crippen LogP contribution in [0.2, 0.25) is 0 Å². The van der Waals surface area contributed by atoms with Gasteiger partial charge in [-0.25, -0.2) is 36.0 Å². The second-order valence-corrected chi connectivity index (χ2v) is 16.9. The molecule has 0 fully saturated rings. The molecule has 0 aliphatic rings. The predicted octanol–water partition coefficient (Wildman–Crippen LogP) is 8.12. The van der Waals surface area contributed by atoms with Crippen molar-refractivity contribution in [2.24, 2.45) is 0 Å². The van der Waals surface area contributed by atoms with Gasteiger partial charge < -0.3 is 37.5 Å². The Kier molecular flexibility index (Phi) is 21.9. The number of rotatable bonds is 25. The van der Waals surface area contributed by atoms with Gasteiger partial charge in [0.05, 0.1) is 13.2 Å². The molecule has 0 saturated carbocycles. The average molecular weight is 1110 g/mol. The van der Waals surface area contributed by atoms with Crippen LogP contribution in [-0.2, 0) is 69.7 Å². The molecule has 0 amide bonds. The normalized spacial score (nSPS) is 14.6. The number of alkyl halides is 14. The number of benzene rings is 2. The van der Waals surface area contributed by atoms with E-state index in [2.05, 4.69) is 41.6 Å². The highest BCUT2D eigenvalue weighted by Gasteiger charge is 2.69. The largest absolute Gasteiger partial charge is 0.743 e. The number of carbonyl (C=O) groups is 4. The van der Waals surface area contributed by atoms with Crippen molar-refractivity contribution in [1.82, 2.24) is 0 Å². The number of unbranched alkanes of at least 4 members (excludes halogenated alkanes) is 2. The van der Waals surface area contributed by atoms with E-state index in [4.69, 9.17) is 0 Å². The van der Waals surface area contributed by atoms with Gasteiger partial charge in [-0.1, -0.05) is 61.2 Å². The predicted molar refractivity (Wildman–Crippen MR) is 202 cm³/mol. The number of halogens is 16. The molecule has 2 aromatic rings. The molecule has 0 heterocycles. The molecule has 408 valence electrons. The van der Waals surface area contributed by atoms with E-state index < -0.39 is 166 Å². The Bertz CT molecular complexity index is 2450. The monoisotopic (exact) mass is 1110 g/mol. The molecule has 0 aliphatic heterocycles. The maximum atomic E-state index is 13.8. The van der Waals surface area contributed by atoms with Crippen LogP contribution in [0, 0.1) is 6.92 Å². The smallest absolute Gasteiger partial charge is 0.468 e. The number of hydrogen-bond donors (Lipinski definition) is 0. The van der Waals surface area contributed by atoms with E-state index >= 15 is 0 Å². The molecule has 2 aromatic carbocycles. The van der Waals surface area contributed by atoms with Crippen molar-refractivity contribution in [1.29, 1.82) is 0 Å². The van der Waals surface area contributed by atoms with Gasteiger partial charge in [-0.3, -0.25) is 0 Å². The molecule has 0 N–H and O–H groups in total. The highest BCUT2D eigenvalue weighted by molar-refractivity contribution is 7.87. The number of esters is 4. The summed E-state index contributed by atoms with van der Waals surface area (Å²) in [6.45, 7) is 2.80. The second-order valence-electron chi connectivity index (χ2n) is 14.0. The molecule has 34 heteroatoms. The average Bonchev–Trinajstić information content (AvgIpc) is 3.23. The van der Waals surface area contributed by atoms with Crippen LogP contribution in [0.15, 0.2) is 79.4 Å². The van der Waals surface area contributed by atoms with E-state index in [9.17, 15) is 115 Å². The Morgan fingerprint density at radius 2 is 0.917 bits per heavy atom. The van der Waals surface area contributed by atoms with E-state index in [0.29, 0.717) is 5.56 Å². The third-order valence-electron chi connectivity index (χ3n) is 8.50. The van der Waals surface area contributed by atoms with E-state index in [-0.39, 0.29) is 5.56 Å². The lowest BCUT2D eigenvalue weighted by molar-refractivity contribution is -0.355. The van der Waals surface area contributed by atoms with E-state index in [0.717, 1.165) is 12.1 Å². The fourth-order valence-corrected chi connectivity index (χ4v) is 5.66. The minimum absolute atomic E-state index is 0.166. The topological polar surface area (TPSA) is 238 Å². The molecular weight excluding hydrogens is 1080 g/mol. The van der Waals surface area contributed by atoms with Crippen LogP contribution in [0.5, 0.6) is 5.75 Å². The van der Waals surface area contributed by atoms with E-state index in [1.165, 1.54) is 42.5 Å². The standard InChI is InChI=1S/2C19H18F8O8S/c1-11-5-7-13(8-6-11)34-15(29)17(18(23,24)25,35-14(28)12(2)20)33-10-4-3-9-16(21,22)19(26,27)36(30,31)32;1-12(20)14(28)35-17(18(23,24)25,15(29)33-11-13-7-3-2-4-8-13)34-10-6-5-9-16(21,22)19(26,27)36(30,31)32/h5-8H,2-4,9-10H2,1H3,(H,30,31,32);2-4,7-8H,1,5-6,9-11H2,(H,30,31,32)/p-2. The zero-order chi connectivity index (χ0) is 56.2. The van der Waals surface area contributed by atoms with Gasteiger partial charge in [-0.15, -0.1) is 0 Å². The number of carbonyl (C=O) groups excluding carboxylic acids is 4. The van der Waals surface area contributed by atoms with Crippen LogP contribution >= 0.6 is 0 Å². The maximum absolute atomic E-state index is 13.8. The van der Waals surface area contributed by atoms with Crippen molar-refractivity contribution in [2.75, 3.05) is 13.2 Å². The Labute approximate surface area is 395 Å². The Balaban J connectivity index is 0.000000720. The number of ether oxygens (including phenoxy) is 6. The summed E-state index contributed by atoms with van der Waals surface area (Å²) in [7, 11) is -13.6. The van der Waals surface area contributed by atoms with Crippen molar-refractivity contribution in [3.05, 3.63) is 90.5 Å². The molecule has 0 radical (unpaired) electrons. The van der Waals surface area contributed by atoms with Crippen molar-refractivity contribution in [3.8, 4) is 5.75 Å². The molecule has 0 saturated heterocycles. The highest BCUT2D eigenvalue weighted by Crippen LogP contribution is 2.44. The van der Waals surface area contributed by atoms with Crippen LogP contribution in [0.4, 0.5) is 70.2 Å². The summed E-state index contributed by atoms with van der Waals surface area (Å²) in [5, 5.41) is -12.0. The zero-order valence-electron chi connectivity index (χ0n) is 35.9. The molecule has 16 nitrogen and oxygen atoms in total. The van der Waals surface area contributed by atoms with Crippen LogP contribution in [0.3, 0.4) is 0 Å². The summed E-state index contributed by atoms with van der Waals surface area (Å²) < 4.78 is 303. The summed E-state index contributed by atoms with van der Waals surface area (Å²) >= 11 is 0. The molecule has 0 aliphatic carbocycles. The molecule has 2 unspecified atom stereocenters. The second kappa shape index (κ2) is 24.4. The van der Waals surface area contributed by atoms with Crippen molar-refractivity contribution >= 4 is 44.1 Å². The third-order valence-corrected chi connectivity index (χ3v) is 10.4. The summed E-state index contributed by atoms with van der Waals surface area (Å²) in [5.41, 5.74) is 0.764. The fourth-order valence-electron chi connectivity index (χ4n) is 4.73. The molecule has 0 aromatic heterocycles. The number of aryl methyl sites for hydroxylation is 1. The van der Waals surface area contributed by atoms with Gasteiger partial charge in [0.15, 0.2) is 20.2 Å². The maximum Gasteiger partial charge on any atom is 0.468 e. The zero-order valence-corrected chi connectivity index (χ0v) is 37.5. The van der Waals surface area contributed by atoms with Crippen molar-refractivity contribution < 1.29 is 144 Å². The van der Waals surface area contributed by atoms with Gasteiger partial charge >= 0.3 is 70.2 Å². The molecular formula is C38H34F16O16S2-2. The van der Waals surface area contributed by atoms with Gasteiger partial charge in [-0.2, -0.15) is 70.2 Å². The first-order valence-electron chi connectivity index (χ1n) is 19.0. The van der Waals surface area contributed by atoms with Crippen molar-refractivity contribution in [3.63, 3.8) is 0 Å². The number of hydrogen-bond acceptors (Lipinski definition) is 16. The minimum atomic E-state index is -6.79. The molecule has 0 bridgehead atoms. The Hall–Kier alpha value is -5.58. The van der Waals surface area contributed by atoms with E-state index in [1.807, 2.05) is 0 Å². The van der Waals surface area contributed by atoms with Crippen LogP contribution < -0.4 is 4.74 Å². The Morgan fingerprint density at radius 1 is 0.556 bits per heavy atom. The molecule has 0 spiro atoms. The van der Waals surface area contributed by atoms with Gasteiger partial charge in [0, 0.05) is 12.8 Å². The first kappa shape index (κ1) is 64.4. The van der Waals surface area contributed by atoms with Crippen LogP contribution in [-0.4, -0.2) is 109 Å². The molecule has 2 atom stereocenters. The van der Waals surface area contributed by atoms with Gasteiger partial charge in [0.1, 0.15) is 12.4 Å². The van der Waals surface area contributed by atoms with E-state index in [1.54, 1.807) is 6.92 Å². The summed E-state index contributed by atoms with van der Waals surface area (Å²) in [6, 6.07) is 11.7. The highest BCUT2D eigenvalue weighted by atomic mass is 32.2. The lowest BCUT2D eigenvalue weighted by Gasteiger charge is -2.32. The van der Waals surface area contributed by atoms with Crippen molar-refractivity contribution in [2.45, 2.75) is 98.3 Å². The third kappa shape index (κ3) is 16.5. The summed E-state index contributed by atoms with van der Waals surface area (Å²) in [6.07, 6.45) is -20.2. The molecule has 72 heavy (non-hydrogen) atoms. The lowest BCUT2D eigenvalue weighted by atomic mass is 10.1. The SMILES string of the molecule is C=C(F)C(=O)OC(OCCCCC(F)(F)C(F)(F)S(=O)(=O)[O-])(C(=O)OCc1ccccc1)C(F)(F)F.C=C(F)C(=O)OC(OCCCCC(F)(F)C(F)(F)S(=O)(=O)[O-])(C(=O)Oc1ccc(C)cc1)C(F)(F)F. The first-order chi connectivity index (χ1) is 32.5. The van der Waals surface area contributed by atoms with Crippen LogP contribution in [0.25, 0.3) is 0 Å². The quantitative estimate of drug-likeness (QED) is 0.0133. The lowest BCUT2D eigenvalue weighted by Crippen LogP contribution is -2.59. The fraction of sp³-hybridized carbons (Fsp3) is 0.474. The molecule has 2 rings (SSSR count).